The first-order chi connectivity index (χ1) is 14.2. The van der Waals surface area contributed by atoms with Crippen molar-refractivity contribution < 1.29 is 13.2 Å². The zero-order chi connectivity index (χ0) is 21.5. The molecule has 0 saturated carbocycles. The van der Waals surface area contributed by atoms with Crippen LogP contribution < -0.4 is 4.90 Å². The molecule has 2 aromatic carbocycles. The molecule has 0 radical (unpaired) electrons. The van der Waals surface area contributed by atoms with E-state index in [2.05, 4.69) is 22.9 Å². The summed E-state index contributed by atoms with van der Waals surface area (Å²) in [5, 5.41) is 0.808. The van der Waals surface area contributed by atoms with E-state index in [1.807, 2.05) is 30.0 Å². The Hall–Kier alpha value is -2.45. The first-order valence-electron chi connectivity index (χ1n) is 9.91. The summed E-state index contributed by atoms with van der Waals surface area (Å²) in [6, 6.07) is 11.5. The van der Waals surface area contributed by atoms with Gasteiger partial charge in [-0.15, -0.1) is 0 Å². The number of carbonyl (C=O) groups is 1. The highest BCUT2D eigenvalue weighted by molar-refractivity contribution is 7.91. The highest BCUT2D eigenvalue weighted by Crippen LogP contribution is 2.33. The molecule has 0 bridgehead atoms. The van der Waals surface area contributed by atoms with Gasteiger partial charge < -0.3 is 9.80 Å². The monoisotopic (exact) mass is 443 g/mol. The van der Waals surface area contributed by atoms with Crippen molar-refractivity contribution in [3.63, 3.8) is 0 Å². The Morgan fingerprint density at radius 3 is 2.50 bits per heavy atom. The Kier molecular flexibility index (Phi) is 5.55. The number of aryl methyl sites for hydroxylation is 2. The van der Waals surface area contributed by atoms with Crippen LogP contribution in [0.3, 0.4) is 0 Å². The summed E-state index contributed by atoms with van der Waals surface area (Å²) in [6.45, 7) is 6.75. The van der Waals surface area contributed by atoms with Crippen LogP contribution in [0.5, 0.6) is 0 Å². The van der Waals surface area contributed by atoms with Crippen LogP contribution in [-0.4, -0.2) is 56.6 Å². The molecule has 3 aromatic rings. The lowest BCUT2D eigenvalue weighted by atomic mass is 10.0. The van der Waals surface area contributed by atoms with Crippen LogP contribution in [0.25, 0.3) is 10.2 Å². The molecule has 30 heavy (non-hydrogen) atoms. The first kappa shape index (κ1) is 20.8. The van der Waals surface area contributed by atoms with Crippen LogP contribution in [0.15, 0.2) is 41.3 Å². The van der Waals surface area contributed by atoms with E-state index in [0.717, 1.165) is 21.0 Å². The largest absolute Gasteiger partial charge is 0.345 e. The van der Waals surface area contributed by atoms with Gasteiger partial charge in [0.2, 0.25) is 5.91 Å². The SMILES string of the molecule is Cc1ccc(CC(=O)N2CCN(c3nc4c(S(C)(=O)=O)cccc4s3)CC2)c(C)c1. The standard InChI is InChI=1S/C22H25N3O3S2/c1-15-7-8-17(16(2)13-15)14-20(26)24-9-11-25(12-10-24)22-23-21-18(29-22)5-4-6-19(21)30(3,27)28/h4-8,13H,9-12,14H2,1-3H3. The molecule has 1 aromatic heterocycles. The van der Waals surface area contributed by atoms with E-state index in [1.165, 1.54) is 23.2 Å². The van der Waals surface area contributed by atoms with Crippen molar-refractivity contribution in [2.75, 3.05) is 37.3 Å². The quantitative estimate of drug-likeness (QED) is 0.619. The van der Waals surface area contributed by atoms with Crippen LogP contribution in [0.1, 0.15) is 16.7 Å². The number of hydrogen-bond acceptors (Lipinski definition) is 6. The van der Waals surface area contributed by atoms with Crippen molar-refractivity contribution in [3.8, 4) is 0 Å². The van der Waals surface area contributed by atoms with Gasteiger partial charge in [0.05, 0.1) is 16.0 Å². The Bertz CT molecular complexity index is 1210. The predicted molar refractivity (Wildman–Crippen MR) is 121 cm³/mol. The van der Waals surface area contributed by atoms with Gasteiger partial charge in [0, 0.05) is 32.4 Å². The van der Waals surface area contributed by atoms with Crippen LogP contribution in [0, 0.1) is 13.8 Å². The highest BCUT2D eigenvalue weighted by atomic mass is 32.2. The van der Waals surface area contributed by atoms with Gasteiger partial charge in [0.1, 0.15) is 5.52 Å². The van der Waals surface area contributed by atoms with Crippen LogP contribution in [-0.2, 0) is 21.1 Å². The highest BCUT2D eigenvalue weighted by Gasteiger charge is 2.24. The Morgan fingerprint density at radius 1 is 1.10 bits per heavy atom. The molecule has 1 saturated heterocycles. The molecule has 0 spiro atoms. The van der Waals surface area contributed by atoms with E-state index in [0.29, 0.717) is 38.1 Å². The molecule has 0 aliphatic carbocycles. The van der Waals surface area contributed by atoms with E-state index in [-0.39, 0.29) is 10.8 Å². The number of carbonyl (C=O) groups excluding carboxylic acids is 1. The fourth-order valence-corrected chi connectivity index (χ4v) is 5.75. The number of piperazine rings is 1. The van der Waals surface area contributed by atoms with Crippen molar-refractivity contribution >= 4 is 42.4 Å². The van der Waals surface area contributed by atoms with Crippen molar-refractivity contribution in [1.29, 1.82) is 0 Å². The van der Waals surface area contributed by atoms with Crippen molar-refractivity contribution in [1.82, 2.24) is 9.88 Å². The molecule has 0 N–H and O–H groups in total. The zero-order valence-corrected chi connectivity index (χ0v) is 19.0. The number of hydrogen-bond donors (Lipinski definition) is 0. The number of benzene rings is 2. The summed E-state index contributed by atoms with van der Waals surface area (Å²) in [4.78, 5) is 21.7. The third-order valence-corrected chi connectivity index (χ3v) is 7.72. The topological polar surface area (TPSA) is 70.6 Å². The van der Waals surface area contributed by atoms with Gasteiger partial charge in [0.25, 0.3) is 0 Å². The maximum atomic E-state index is 12.8. The smallest absolute Gasteiger partial charge is 0.227 e. The Balaban J connectivity index is 1.45. The Morgan fingerprint density at radius 2 is 1.83 bits per heavy atom. The van der Waals surface area contributed by atoms with E-state index < -0.39 is 9.84 Å². The molecule has 4 rings (SSSR count). The molecule has 1 aliphatic heterocycles. The Labute approximate surface area is 181 Å². The first-order valence-corrected chi connectivity index (χ1v) is 12.6. The number of sulfone groups is 1. The summed E-state index contributed by atoms with van der Waals surface area (Å²) in [6.07, 6.45) is 1.63. The zero-order valence-electron chi connectivity index (χ0n) is 17.4. The van der Waals surface area contributed by atoms with Gasteiger partial charge in [-0.2, -0.15) is 0 Å². The maximum absolute atomic E-state index is 12.8. The van der Waals surface area contributed by atoms with Gasteiger partial charge in [-0.25, -0.2) is 13.4 Å². The molecule has 1 amide bonds. The lowest BCUT2D eigenvalue weighted by Gasteiger charge is -2.34. The molecule has 2 heterocycles. The fourth-order valence-electron chi connectivity index (χ4n) is 3.81. The maximum Gasteiger partial charge on any atom is 0.227 e. The van der Waals surface area contributed by atoms with Crippen molar-refractivity contribution in [3.05, 3.63) is 53.1 Å². The lowest BCUT2D eigenvalue weighted by molar-refractivity contribution is -0.130. The molecular weight excluding hydrogens is 418 g/mol. The van der Waals surface area contributed by atoms with Crippen molar-refractivity contribution in [2.45, 2.75) is 25.2 Å². The van der Waals surface area contributed by atoms with Crippen LogP contribution in [0.2, 0.25) is 0 Å². The summed E-state index contributed by atoms with van der Waals surface area (Å²) < 4.78 is 25.0. The summed E-state index contributed by atoms with van der Waals surface area (Å²) in [7, 11) is -3.33. The lowest BCUT2D eigenvalue weighted by Crippen LogP contribution is -2.49. The number of rotatable bonds is 4. The van der Waals surface area contributed by atoms with Gasteiger partial charge in [0.15, 0.2) is 15.0 Å². The van der Waals surface area contributed by atoms with Gasteiger partial charge in [-0.1, -0.05) is 41.2 Å². The number of fused-ring (bicyclic) bond motifs is 1. The van der Waals surface area contributed by atoms with Crippen molar-refractivity contribution in [2.24, 2.45) is 0 Å². The minimum Gasteiger partial charge on any atom is -0.345 e. The van der Waals surface area contributed by atoms with Gasteiger partial charge in [-0.05, 0) is 37.1 Å². The second-order valence-electron chi connectivity index (χ2n) is 7.85. The number of para-hydroxylation sites is 1. The minimum absolute atomic E-state index is 0.144. The molecule has 0 atom stereocenters. The van der Waals surface area contributed by atoms with E-state index in [4.69, 9.17) is 0 Å². The van der Waals surface area contributed by atoms with Gasteiger partial charge in [-0.3, -0.25) is 4.79 Å². The number of thiazole rings is 1. The summed E-state index contributed by atoms with van der Waals surface area (Å²) in [5.74, 6) is 0.144. The third kappa shape index (κ3) is 4.20. The van der Waals surface area contributed by atoms with E-state index in [1.54, 1.807) is 12.1 Å². The van der Waals surface area contributed by atoms with Gasteiger partial charge >= 0.3 is 0 Å². The third-order valence-electron chi connectivity index (χ3n) is 5.51. The normalized spacial score (nSPS) is 15.0. The molecule has 8 heteroatoms. The van der Waals surface area contributed by atoms with Crippen LogP contribution >= 0.6 is 11.3 Å². The average Bonchev–Trinajstić information content (AvgIpc) is 3.13. The molecule has 6 nitrogen and oxygen atoms in total. The fraction of sp³-hybridized carbons (Fsp3) is 0.364. The number of anilines is 1. The van der Waals surface area contributed by atoms with Crippen LogP contribution in [0.4, 0.5) is 5.13 Å². The number of nitrogens with zero attached hydrogens (tertiary/aromatic N) is 3. The number of aromatic nitrogens is 1. The second kappa shape index (κ2) is 8.00. The molecule has 158 valence electrons. The van der Waals surface area contributed by atoms with E-state index >= 15 is 0 Å². The summed E-state index contributed by atoms with van der Waals surface area (Å²) in [5.41, 5.74) is 3.96. The number of amides is 1. The molecule has 1 fully saturated rings. The summed E-state index contributed by atoms with van der Waals surface area (Å²) >= 11 is 1.50. The average molecular weight is 444 g/mol. The van der Waals surface area contributed by atoms with E-state index in [9.17, 15) is 13.2 Å². The molecule has 0 unspecified atom stereocenters. The minimum atomic E-state index is -3.33. The second-order valence-corrected chi connectivity index (χ2v) is 10.8. The predicted octanol–water partition coefficient (Wildman–Crippen LogP) is 3.21. The molecule has 1 aliphatic rings. The molecular formula is C22H25N3O3S2.